The molecule has 13 nitrogen and oxygen atoms in total. The second-order valence-electron chi connectivity index (χ2n) is 9.65. The number of hydrogen-bond acceptors (Lipinski definition) is 8. The molecule has 1 aromatic heterocycles. The number of amides is 4. The fraction of sp³-hybridized carbons (Fsp3) is 0.538. The SMILES string of the molecule is CC[C@@H]1NC(=O)c2ccc(OC)c(c2)OCCCn2cc(nn2)CNC(=O)[C@@H](C)NC(=O)[C@H](C(C)C)NC1=O. The lowest BCUT2D eigenvalue weighted by atomic mass is 10.0. The molecular formula is C26H37N7O6. The molecule has 212 valence electrons. The summed E-state index contributed by atoms with van der Waals surface area (Å²) in [6.07, 6.45) is 2.60. The molecule has 0 radical (unpaired) electrons. The van der Waals surface area contributed by atoms with Crippen LogP contribution in [0, 0.1) is 5.92 Å². The van der Waals surface area contributed by atoms with E-state index in [1.165, 1.54) is 7.11 Å². The summed E-state index contributed by atoms with van der Waals surface area (Å²) >= 11 is 0. The van der Waals surface area contributed by atoms with Crippen molar-refractivity contribution in [2.75, 3.05) is 13.7 Å². The molecule has 0 spiro atoms. The number of carbonyl (C=O) groups excluding carboxylic acids is 4. The van der Waals surface area contributed by atoms with E-state index in [1.807, 2.05) is 0 Å². The first-order valence-electron chi connectivity index (χ1n) is 13.0. The first kappa shape index (κ1) is 29.4. The summed E-state index contributed by atoms with van der Waals surface area (Å²) in [5.41, 5.74) is 0.848. The molecule has 4 amide bonds. The number of rotatable bonds is 3. The Morgan fingerprint density at radius 2 is 1.87 bits per heavy atom. The van der Waals surface area contributed by atoms with Crippen LogP contribution >= 0.6 is 0 Å². The Morgan fingerprint density at radius 3 is 2.56 bits per heavy atom. The lowest BCUT2D eigenvalue weighted by Crippen LogP contribution is -2.57. The van der Waals surface area contributed by atoms with Crippen LogP contribution in [-0.4, -0.2) is 70.5 Å². The van der Waals surface area contributed by atoms with Gasteiger partial charge in [-0.05, 0) is 37.5 Å². The van der Waals surface area contributed by atoms with E-state index in [2.05, 4.69) is 31.6 Å². The average molecular weight is 544 g/mol. The number of benzene rings is 1. The molecular weight excluding hydrogens is 506 g/mol. The Bertz CT molecular complexity index is 1180. The van der Waals surface area contributed by atoms with E-state index < -0.39 is 41.8 Å². The third-order valence-corrected chi connectivity index (χ3v) is 6.27. The van der Waals surface area contributed by atoms with E-state index in [0.29, 0.717) is 43.2 Å². The summed E-state index contributed by atoms with van der Waals surface area (Å²) in [5, 5.41) is 19.0. The van der Waals surface area contributed by atoms with Crippen molar-refractivity contribution in [2.45, 2.75) is 71.8 Å². The number of carbonyl (C=O) groups is 4. The third kappa shape index (κ3) is 7.91. The maximum atomic E-state index is 13.1. The highest BCUT2D eigenvalue weighted by atomic mass is 16.5. The Hall–Kier alpha value is -4.16. The van der Waals surface area contributed by atoms with Crippen molar-refractivity contribution in [3.8, 4) is 11.5 Å². The van der Waals surface area contributed by atoms with Gasteiger partial charge in [-0.1, -0.05) is 26.0 Å². The van der Waals surface area contributed by atoms with Crippen LogP contribution in [0.5, 0.6) is 11.5 Å². The Labute approximate surface area is 227 Å². The van der Waals surface area contributed by atoms with Gasteiger partial charge in [-0.15, -0.1) is 5.10 Å². The minimum absolute atomic E-state index is 0.141. The molecule has 0 unspecified atom stereocenters. The molecule has 3 atom stereocenters. The topological polar surface area (TPSA) is 166 Å². The van der Waals surface area contributed by atoms with Crippen molar-refractivity contribution in [1.82, 2.24) is 36.3 Å². The highest BCUT2D eigenvalue weighted by Gasteiger charge is 2.30. The van der Waals surface area contributed by atoms with E-state index in [-0.39, 0.29) is 18.0 Å². The monoisotopic (exact) mass is 543 g/mol. The predicted octanol–water partition coefficient (Wildman–Crippen LogP) is 0.540. The Balaban J connectivity index is 1.86. The number of nitrogens with one attached hydrogen (secondary N) is 4. The zero-order valence-corrected chi connectivity index (χ0v) is 22.9. The summed E-state index contributed by atoms with van der Waals surface area (Å²) in [4.78, 5) is 51.7. The van der Waals surface area contributed by atoms with E-state index >= 15 is 0 Å². The molecule has 39 heavy (non-hydrogen) atoms. The van der Waals surface area contributed by atoms with Crippen LogP contribution in [0.2, 0.25) is 0 Å². The van der Waals surface area contributed by atoms with Crippen LogP contribution in [-0.2, 0) is 27.5 Å². The summed E-state index contributed by atoms with van der Waals surface area (Å²) in [6, 6.07) is 2.11. The molecule has 0 saturated carbocycles. The highest BCUT2D eigenvalue weighted by Crippen LogP contribution is 2.28. The number of aryl methyl sites for hydroxylation is 1. The normalized spacial score (nSPS) is 21.8. The maximum absolute atomic E-state index is 13.1. The fourth-order valence-corrected chi connectivity index (χ4v) is 3.95. The van der Waals surface area contributed by atoms with Crippen molar-refractivity contribution in [3.05, 3.63) is 35.7 Å². The predicted molar refractivity (Wildman–Crippen MR) is 141 cm³/mol. The lowest BCUT2D eigenvalue weighted by molar-refractivity contribution is -0.133. The van der Waals surface area contributed by atoms with E-state index in [0.717, 1.165) is 0 Å². The number of fused-ring (bicyclic) bond motifs is 4. The third-order valence-electron chi connectivity index (χ3n) is 6.27. The van der Waals surface area contributed by atoms with Gasteiger partial charge in [0.25, 0.3) is 5.91 Å². The van der Waals surface area contributed by atoms with Gasteiger partial charge in [-0.2, -0.15) is 0 Å². The molecule has 13 heteroatoms. The zero-order chi connectivity index (χ0) is 28.5. The first-order valence-corrected chi connectivity index (χ1v) is 13.0. The van der Waals surface area contributed by atoms with Crippen molar-refractivity contribution in [1.29, 1.82) is 0 Å². The van der Waals surface area contributed by atoms with Crippen molar-refractivity contribution in [3.63, 3.8) is 0 Å². The number of methoxy groups -OCH3 is 1. The molecule has 2 heterocycles. The van der Waals surface area contributed by atoms with Gasteiger partial charge in [0, 0.05) is 18.5 Å². The average Bonchev–Trinajstić information content (AvgIpc) is 3.37. The molecule has 0 fully saturated rings. The van der Waals surface area contributed by atoms with Gasteiger partial charge in [-0.3, -0.25) is 23.9 Å². The quantitative estimate of drug-likeness (QED) is 0.435. The number of nitrogens with zero attached hydrogens (tertiary/aromatic N) is 3. The summed E-state index contributed by atoms with van der Waals surface area (Å²) in [5.74, 6) is -1.32. The van der Waals surface area contributed by atoms with Gasteiger partial charge in [0.2, 0.25) is 17.7 Å². The first-order chi connectivity index (χ1) is 18.6. The van der Waals surface area contributed by atoms with Crippen molar-refractivity contribution >= 4 is 23.6 Å². The smallest absolute Gasteiger partial charge is 0.252 e. The number of aromatic nitrogens is 3. The summed E-state index contributed by atoms with van der Waals surface area (Å²) < 4.78 is 12.9. The molecule has 1 aliphatic heterocycles. The molecule has 1 aliphatic rings. The van der Waals surface area contributed by atoms with Crippen LogP contribution in [0.1, 0.15) is 56.6 Å². The molecule has 4 N–H and O–H groups in total. The largest absolute Gasteiger partial charge is 0.493 e. The van der Waals surface area contributed by atoms with E-state index in [9.17, 15) is 19.2 Å². The lowest BCUT2D eigenvalue weighted by Gasteiger charge is -2.26. The van der Waals surface area contributed by atoms with Gasteiger partial charge >= 0.3 is 0 Å². The van der Waals surface area contributed by atoms with Crippen molar-refractivity contribution < 1.29 is 28.7 Å². The minimum Gasteiger partial charge on any atom is -0.493 e. The van der Waals surface area contributed by atoms with E-state index in [1.54, 1.807) is 56.8 Å². The molecule has 0 aliphatic carbocycles. The molecule has 2 aromatic rings. The second-order valence-corrected chi connectivity index (χ2v) is 9.65. The summed E-state index contributed by atoms with van der Waals surface area (Å²) in [6.45, 7) is 7.84. The van der Waals surface area contributed by atoms with Crippen LogP contribution in [0.15, 0.2) is 24.4 Å². The summed E-state index contributed by atoms with van der Waals surface area (Å²) in [7, 11) is 1.51. The van der Waals surface area contributed by atoms with Crippen LogP contribution in [0.25, 0.3) is 0 Å². The van der Waals surface area contributed by atoms with Gasteiger partial charge in [-0.25, -0.2) is 0 Å². The van der Waals surface area contributed by atoms with Gasteiger partial charge in [0.1, 0.15) is 23.8 Å². The van der Waals surface area contributed by atoms with Crippen LogP contribution in [0.4, 0.5) is 0 Å². The van der Waals surface area contributed by atoms with Gasteiger partial charge in [0.15, 0.2) is 11.5 Å². The Kier molecular flexibility index (Phi) is 10.2. The standard InChI is InChI=1S/C26H37N7O6/c1-6-19-25(36)30-22(15(2)3)26(37)28-16(4)23(34)27-13-18-14-33(32-31-18)10-7-11-39-21-12-17(24(35)29-19)8-9-20(21)38-5/h8-9,12,14-16,19,22H,6-7,10-11,13H2,1-5H3,(H,27,34)(H,28,37)(H,29,35)(H,30,36)/t16-,19+,22+/m1/s1. The van der Waals surface area contributed by atoms with Crippen LogP contribution < -0.4 is 30.7 Å². The van der Waals surface area contributed by atoms with Crippen LogP contribution in [0.3, 0.4) is 0 Å². The second kappa shape index (κ2) is 13.6. The highest BCUT2D eigenvalue weighted by molar-refractivity contribution is 5.99. The fourth-order valence-electron chi connectivity index (χ4n) is 3.95. The molecule has 4 bridgehead atoms. The van der Waals surface area contributed by atoms with E-state index in [4.69, 9.17) is 9.47 Å². The number of ether oxygens (including phenoxy) is 2. The Morgan fingerprint density at radius 1 is 1.10 bits per heavy atom. The zero-order valence-electron chi connectivity index (χ0n) is 22.9. The van der Waals surface area contributed by atoms with Crippen molar-refractivity contribution in [2.24, 2.45) is 5.92 Å². The van der Waals surface area contributed by atoms with Gasteiger partial charge < -0.3 is 30.7 Å². The maximum Gasteiger partial charge on any atom is 0.252 e. The molecule has 1 aromatic carbocycles. The molecule has 3 rings (SSSR count). The minimum atomic E-state index is -0.919. The van der Waals surface area contributed by atoms with Gasteiger partial charge in [0.05, 0.1) is 26.5 Å². The molecule has 0 saturated heterocycles. The number of hydrogen-bond donors (Lipinski definition) is 4.